The number of anilines is 1. The summed E-state index contributed by atoms with van der Waals surface area (Å²) in [6, 6.07) is 7.38. The number of aromatic nitrogens is 3. The van der Waals surface area contributed by atoms with Gasteiger partial charge in [-0.25, -0.2) is 9.67 Å². The van der Waals surface area contributed by atoms with Crippen LogP contribution in [-0.4, -0.2) is 20.7 Å². The van der Waals surface area contributed by atoms with Crippen LogP contribution in [0.25, 0.3) is 0 Å². The van der Waals surface area contributed by atoms with E-state index in [4.69, 9.17) is 5.73 Å². The first kappa shape index (κ1) is 13.2. The van der Waals surface area contributed by atoms with E-state index in [1.807, 2.05) is 31.2 Å². The lowest BCUT2D eigenvalue weighted by Gasteiger charge is -2.07. The highest BCUT2D eigenvalue weighted by Gasteiger charge is 2.09. The number of hydrogen-bond acceptors (Lipinski definition) is 4. The molecule has 6 nitrogen and oxygen atoms in total. The molecule has 1 heterocycles. The van der Waals surface area contributed by atoms with Crippen molar-refractivity contribution in [3.63, 3.8) is 0 Å². The maximum Gasteiger partial charge on any atom is 0.246 e. The van der Waals surface area contributed by atoms with Gasteiger partial charge in [-0.15, -0.1) is 0 Å². The van der Waals surface area contributed by atoms with Crippen molar-refractivity contribution >= 4 is 11.6 Å². The van der Waals surface area contributed by atoms with Gasteiger partial charge in [0.25, 0.3) is 0 Å². The first-order valence-electron chi connectivity index (χ1n) is 6.06. The average Bonchev–Trinajstić information content (AvgIpc) is 2.80. The molecule has 0 saturated heterocycles. The van der Waals surface area contributed by atoms with Gasteiger partial charge in [0.1, 0.15) is 12.9 Å². The van der Waals surface area contributed by atoms with E-state index in [2.05, 4.69) is 15.4 Å². The molecule has 0 fully saturated rings. The zero-order valence-electron chi connectivity index (χ0n) is 11.0. The Morgan fingerprint density at radius 2 is 2.21 bits per heavy atom. The summed E-state index contributed by atoms with van der Waals surface area (Å²) in [6.45, 7) is 3.86. The SMILES string of the molecule is Cc1ccccc1NC(=O)Cn1cnc(C(C)N)n1. The van der Waals surface area contributed by atoms with Crippen LogP contribution in [0.1, 0.15) is 24.4 Å². The van der Waals surface area contributed by atoms with Crippen molar-refractivity contribution in [2.24, 2.45) is 5.73 Å². The summed E-state index contributed by atoms with van der Waals surface area (Å²) in [5.41, 5.74) is 7.49. The Morgan fingerprint density at radius 1 is 1.47 bits per heavy atom. The summed E-state index contributed by atoms with van der Waals surface area (Å²) in [5.74, 6) is 0.388. The molecule has 2 rings (SSSR count). The number of carbonyl (C=O) groups is 1. The molecular formula is C13H17N5O. The third kappa shape index (κ3) is 3.38. The van der Waals surface area contributed by atoms with Crippen molar-refractivity contribution in [1.29, 1.82) is 0 Å². The molecule has 0 radical (unpaired) electrons. The fourth-order valence-electron chi connectivity index (χ4n) is 1.64. The van der Waals surface area contributed by atoms with Gasteiger partial charge in [0.05, 0.1) is 6.04 Å². The predicted molar refractivity (Wildman–Crippen MR) is 72.4 cm³/mol. The molecule has 1 unspecified atom stereocenters. The minimum atomic E-state index is -0.235. The third-order valence-electron chi connectivity index (χ3n) is 2.69. The molecular weight excluding hydrogens is 242 g/mol. The van der Waals surface area contributed by atoms with Gasteiger partial charge in [-0.2, -0.15) is 5.10 Å². The summed E-state index contributed by atoms with van der Waals surface area (Å²) < 4.78 is 1.48. The monoisotopic (exact) mass is 259 g/mol. The van der Waals surface area contributed by atoms with E-state index >= 15 is 0 Å². The fourth-order valence-corrected chi connectivity index (χ4v) is 1.64. The zero-order valence-corrected chi connectivity index (χ0v) is 11.0. The van der Waals surface area contributed by atoms with Crippen molar-refractivity contribution in [1.82, 2.24) is 14.8 Å². The van der Waals surface area contributed by atoms with Gasteiger partial charge in [-0.1, -0.05) is 18.2 Å². The largest absolute Gasteiger partial charge is 0.324 e. The first-order valence-corrected chi connectivity index (χ1v) is 6.06. The van der Waals surface area contributed by atoms with Crippen LogP contribution in [-0.2, 0) is 11.3 Å². The molecule has 0 spiro atoms. The van der Waals surface area contributed by atoms with E-state index < -0.39 is 0 Å². The van der Waals surface area contributed by atoms with Gasteiger partial charge >= 0.3 is 0 Å². The predicted octanol–water partition coefficient (Wildman–Crippen LogP) is 1.24. The Kier molecular flexibility index (Phi) is 3.91. The topological polar surface area (TPSA) is 85.8 Å². The Morgan fingerprint density at radius 3 is 2.84 bits per heavy atom. The number of para-hydroxylation sites is 1. The van der Waals surface area contributed by atoms with E-state index in [1.54, 1.807) is 6.92 Å². The molecule has 1 atom stereocenters. The van der Waals surface area contributed by atoms with Gasteiger partial charge in [0.2, 0.25) is 5.91 Å². The molecule has 0 aliphatic carbocycles. The molecule has 1 amide bonds. The number of benzene rings is 1. The molecule has 3 N–H and O–H groups in total. The number of nitrogens with two attached hydrogens (primary N) is 1. The van der Waals surface area contributed by atoms with Crippen molar-refractivity contribution in [3.8, 4) is 0 Å². The number of nitrogens with one attached hydrogen (secondary N) is 1. The van der Waals surface area contributed by atoms with Gasteiger partial charge in [0.15, 0.2) is 5.82 Å². The Labute approximate surface area is 111 Å². The molecule has 0 saturated carbocycles. The summed E-state index contributed by atoms with van der Waals surface area (Å²) in [7, 11) is 0. The average molecular weight is 259 g/mol. The Hall–Kier alpha value is -2.21. The lowest BCUT2D eigenvalue weighted by atomic mass is 10.2. The quantitative estimate of drug-likeness (QED) is 0.865. The lowest BCUT2D eigenvalue weighted by molar-refractivity contribution is -0.116. The van der Waals surface area contributed by atoms with E-state index in [-0.39, 0.29) is 18.5 Å². The van der Waals surface area contributed by atoms with E-state index in [9.17, 15) is 4.79 Å². The second kappa shape index (κ2) is 5.62. The Bertz CT molecular complexity index is 576. The van der Waals surface area contributed by atoms with Crippen LogP contribution in [0, 0.1) is 6.92 Å². The van der Waals surface area contributed by atoms with E-state index in [0.29, 0.717) is 5.82 Å². The van der Waals surface area contributed by atoms with Crippen LogP contribution in [0.2, 0.25) is 0 Å². The molecule has 1 aromatic carbocycles. The van der Waals surface area contributed by atoms with E-state index in [0.717, 1.165) is 11.3 Å². The fraction of sp³-hybridized carbons (Fsp3) is 0.308. The maximum absolute atomic E-state index is 11.9. The molecule has 0 bridgehead atoms. The summed E-state index contributed by atoms with van der Waals surface area (Å²) >= 11 is 0. The van der Waals surface area contributed by atoms with Gasteiger partial charge in [-0.3, -0.25) is 4.79 Å². The number of aryl methyl sites for hydroxylation is 1. The first-order chi connectivity index (χ1) is 9.06. The highest BCUT2D eigenvalue weighted by atomic mass is 16.2. The highest BCUT2D eigenvalue weighted by Crippen LogP contribution is 2.13. The molecule has 0 aliphatic rings. The van der Waals surface area contributed by atoms with Gasteiger partial charge in [0, 0.05) is 5.69 Å². The highest BCUT2D eigenvalue weighted by molar-refractivity contribution is 5.91. The third-order valence-corrected chi connectivity index (χ3v) is 2.69. The normalized spacial score (nSPS) is 12.2. The molecule has 6 heteroatoms. The molecule has 0 aliphatic heterocycles. The van der Waals surface area contributed by atoms with Crippen molar-refractivity contribution in [3.05, 3.63) is 42.0 Å². The van der Waals surface area contributed by atoms with Crippen molar-refractivity contribution < 1.29 is 4.79 Å². The maximum atomic E-state index is 11.9. The summed E-state index contributed by atoms with van der Waals surface area (Å²) in [6.07, 6.45) is 1.51. The molecule has 1 aromatic heterocycles. The van der Waals surface area contributed by atoms with Crippen LogP contribution < -0.4 is 11.1 Å². The van der Waals surface area contributed by atoms with Crippen LogP contribution in [0.4, 0.5) is 5.69 Å². The smallest absolute Gasteiger partial charge is 0.246 e. The number of carbonyl (C=O) groups excluding carboxylic acids is 1. The number of amides is 1. The molecule has 2 aromatic rings. The summed E-state index contributed by atoms with van der Waals surface area (Å²) in [4.78, 5) is 15.9. The second-order valence-electron chi connectivity index (χ2n) is 4.45. The molecule has 100 valence electrons. The number of rotatable bonds is 4. The minimum Gasteiger partial charge on any atom is -0.324 e. The van der Waals surface area contributed by atoms with Crippen molar-refractivity contribution in [2.75, 3.05) is 5.32 Å². The summed E-state index contributed by atoms with van der Waals surface area (Å²) in [5, 5.41) is 6.97. The standard InChI is InChI=1S/C13H17N5O/c1-9-5-3-4-6-11(9)16-12(19)7-18-8-15-13(17-18)10(2)14/h3-6,8,10H,7,14H2,1-2H3,(H,16,19). The van der Waals surface area contributed by atoms with Crippen molar-refractivity contribution in [2.45, 2.75) is 26.4 Å². The minimum absolute atomic E-state index is 0.119. The molecule has 19 heavy (non-hydrogen) atoms. The van der Waals surface area contributed by atoms with Crippen LogP contribution >= 0.6 is 0 Å². The second-order valence-corrected chi connectivity index (χ2v) is 4.45. The number of nitrogens with zero attached hydrogens (tertiary/aromatic N) is 3. The lowest BCUT2D eigenvalue weighted by Crippen LogP contribution is -2.20. The van der Waals surface area contributed by atoms with Crippen LogP contribution in [0.15, 0.2) is 30.6 Å². The zero-order chi connectivity index (χ0) is 13.8. The Balaban J connectivity index is 1.99. The number of hydrogen-bond donors (Lipinski definition) is 2. The van der Waals surface area contributed by atoms with Gasteiger partial charge < -0.3 is 11.1 Å². The van der Waals surface area contributed by atoms with Crippen LogP contribution in [0.5, 0.6) is 0 Å². The van der Waals surface area contributed by atoms with Crippen LogP contribution in [0.3, 0.4) is 0 Å². The van der Waals surface area contributed by atoms with Gasteiger partial charge in [-0.05, 0) is 25.5 Å². The van der Waals surface area contributed by atoms with E-state index in [1.165, 1.54) is 11.0 Å².